The SMILES string of the molecule is CC12C=CC3=C(CC(C=C3)N1)c1ccccc12. The third kappa shape index (κ3) is 1.18. The Morgan fingerprint density at radius 2 is 2.12 bits per heavy atom. The Balaban J connectivity index is 2.13. The van der Waals surface area contributed by atoms with E-state index in [1.807, 2.05) is 0 Å². The van der Waals surface area contributed by atoms with E-state index in [0.717, 1.165) is 6.42 Å². The lowest BCUT2D eigenvalue weighted by atomic mass is 9.88. The minimum Gasteiger partial charge on any atom is -0.298 e. The Morgan fingerprint density at radius 1 is 1.24 bits per heavy atom. The topological polar surface area (TPSA) is 12.0 Å². The number of nitrogens with one attached hydrogen (secondary N) is 1. The van der Waals surface area contributed by atoms with Gasteiger partial charge in [0.05, 0.1) is 5.54 Å². The number of fused-ring (bicyclic) bond motifs is 1. The highest BCUT2D eigenvalue weighted by Gasteiger charge is 2.36. The molecule has 0 amide bonds. The van der Waals surface area contributed by atoms with Crippen LogP contribution in [0.15, 0.2) is 54.1 Å². The van der Waals surface area contributed by atoms with Crippen LogP contribution in [0.5, 0.6) is 0 Å². The van der Waals surface area contributed by atoms with Crippen molar-refractivity contribution in [2.45, 2.75) is 24.9 Å². The molecule has 3 bridgehead atoms. The standard InChI is InChI=1S/C16H15N/c1-16-9-8-11-6-7-12(17-16)10-14(11)13-4-2-3-5-15(13)16/h2-9,12,17H,10H2,1H3. The van der Waals surface area contributed by atoms with Crippen molar-refractivity contribution in [1.29, 1.82) is 0 Å². The maximum atomic E-state index is 3.76. The van der Waals surface area contributed by atoms with Gasteiger partial charge in [-0.05, 0) is 35.6 Å². The molecule has 3 aliphatic rings. The molecule has 1 heteroatoms. The maximum absolute atomic E-state index is 3.76. The highest BCUT2D eigenvalue weighted by atomic mass is 15.0. The van der Waals surface area contributed by atoms with Crippen LogP contribution in [-0.2, 0) is 5.54 Å². The van der Waals surface area contributed by atoms with Crippen molar-refractivity contribution in [2.24, 2.45) is 0 Å². The van der Waals surface area contributed by atoms with Crippen molar-refractivity contribution in [2.75, 3.05) is 0 Å². The van der Waals surface area contributed by atoms with Gasteiger partial charge in [-0.1, -0.05) is 48.6 Å². The van der Waals surface area contributed by atoms with E-state index in [4.69, 9.17) is 0 Å². The highest BCUT2D eigenvalue weighted by Crippen LogP contribution is 2.43. The van der Waals surface area contributed by atoms with Crippen molar-refractivity contribution in [3.05, 3.63) is 65.3 Å². The molecule has 2 atom stereocenters. The molecule has 0 spiro atoms. The van der Waals surface area contributed by atoms with E-state index in [-0.39, 0.29) is 5.54 Å². The summed E-state index contributed by atoms with van der Waals surface area (Å²) in [5.41, 5.74) is 5.69. The molecule has 1 N–H and O–H groups in total. The summed E-state index contributed by atoms with van der Waals surface area (Å²) < 4.78 is 0. The molecule has 2 unspecified atom stereocenters. The van der Waals surface area contributed by atoms with Crippen LogP contribution >= 0.6 is 0 Å². The van der Waals surface area contributed by atoms with E-state index >= 15 is 0 Å². The van der Waals surface area contributed by atoms with Crippen molar-refractivity contribution in [1.82, 2.24) is 5.32 Å². The van der Waals surface area contributed by atoms with Crippen LogP contribution in [0.2, 0.25) is 0 Å². The van der Waals surface area contributed by atoms with Crippen LogP contribution in [0.3, 0.4) is 0 Å². The van der Waals surface area contributed by atoms with Gasteiger partial charge in [0.15, 0.2) is 0 Å². The average molecular weight is 221 g/mol. The van der Waals surface area contributed by atoms with Gasteiger partial charge in [0.1, 0.15) is 0 Å². The fraction of sp³-hybridized carbons (Fsp3) is 0.250. The Hall–Kier alpha value is -1.60. The zero-order chi connectivity index (χ0) is 11.5. The number of hydrogen-bond donors (Lipinski definition) is 1. The van der Waals surface area contributed by atoms with Crippen LogP contribution in [-0.4, -0.2) is 6.04 Å². The molecule has 0 fully saturated rings. The van der Waals surface area contributed by atoms with Crippen molar-refractivity contribution < 1.29 is 0 Å². The number of benzene rings is 1. The maximum Gasteiger partial charge on any atom is 0.0605 e. The van der Waals surface area contributed by atoms with E-state index in [1.165, 1.54) is 22.3 Å². The summed E-state index contributed by atoms with van der Waals surface area (Å²) in [5, 5.41) is 3.76. The van der Waals surface area contributed by atoms with Crippen molar-refractivity contribution in [3.63, 3.8) is 0 Å². The fourth-order valence-electron chi connectivity index (χ4n) is 3.30. The lowest BCUT2D eigenvalue weighted by Gasteiger charge is -2.32. The minimum atomic E-state index is -0.0322. The summed E-state index contributed by atoms with van der Waals surface area (Å²) in [7, 11) is 0. The van der Waals surface area contributed by atoms with Gasteiger partial charge >= 0.3 is 0 Å². The van der Waals surface area contributed by atoms with Crippen LogP contribution in [0.4, 0.5) is 0 Å². The highest BCUT2D eigenvalue weighted by molar-refractivity contribution is 5.80. The lowest BCUT2D eigenvalue weighted by molar-refractivity contribution is 0.421. The summed E-state index contributed by atoms with van der Waals surface area (Å²) in [6.45, 7) is 2.28. The second kappa shape index (κ2) is 2.99. The molecule has 0 aromatic heterocycles. The molecule has 17 heavy (non-hydrogen) atoms. The Morgan fingerprint density at radius 3 is 3.06 bits per heavy atom. The monoisotopic (exact) mass is 221 g/mol. The minimum absolute atomic E-state index is 0.0322. The molecule has 0 saturated carbocycles. The molecule has 1 aromatic rings. The third-order valence-corrected chi connectivity index (χ3v) is 4.17. The Labute approximate surface area is 102 Å². The summed E-state index contributed by atoms with van der Waals surface area (Å²) in [5.74, 6) is 0. The molecule has 0 radical (unpaired) electrons. The molecular weight excluding hydrogens is 206 g/mol. The smallest absolute Gasteiger partial charge is 0.0605 e. The van der Waals surface area contributed by atoms with Crippen LogP contribution < -0.4 is 5.32 Å². The third-order valence-electron chi connectivity index (χ3n) is 4.17. The second-order valence-electron chi connectivity index (χ2n) is 5.33. The first-order valence-electron chi connectivity index (χ1n) is 6.24. The van der Waals surface area contributed by atoms with Crippen LogP contribution in [0.1, 0.15) is 24.5 Å². The molecule has 1 aliphatic heterocycles. The number of hydrogen-bond acceptors (Lipinski definition) is 1. The largest absolute Gasteiger partial charge is 0.298 e. The van der Waals surface area contributed by atoms with E-state index < -0.39 is 0 Å². The molecule has 1 aromatic carbocycles. The summed E-state index contributed by atoms with van der Waals surface area (Å²) >= 11 is 0. The molecular formula is C16H15N. The first-order chi connectivity index (χ1) is 8.26. The number of rotatable bonds is 0. The van der Waals surface area contributed by atoms with Gasteiger partial charge in [0.2, 0.25) is 0 Å². The van der Waals surface area contributed by atoms with Gasteiger partial charge in [-0.3, -0.25) is 5.32 Å². The van der Waals surface area contributed by atoms with Crippen molar-refractivity contribution in [3.8, 4) is 0 Å². The van der Waals surface area contributed by atoms with E-state index in [1.54, 1.807) is 0 Å². The average Bonchev–Trinajstić information content (AvgIpc) is 2.51. The second-order valence-corrected chi connectivity index (χ2v) is 5.33. The Kier molecular flexibility index (Phi) is 1.66. The van der Waals surface area contributed by atoms with E-state index in [9.17, 15) is 0 Å². The zero-order valence-electron chi connectivity index (χ0n) is 9.90. The number of allylic oxidation sites excluding steroid dienone is 3. The van der Waals surface area contributed by atoms with E-state index in [0.29, 0.717) is 6.04 Å². The molecule has 84 valence electrons. The molecule has 2 aliphatic carbocycles. The summed E-state index contributed by atoms with van der Waals surface area (Å²) in [6.07, 6.45) is 10.3. The molecule has 1 heterocycles. The van der Waals surface area contributed by atoms with Crippen molar-refractivity contribution >= 4 is 5.57 Å². The van der Waals surface area contributed by atoms with Gasteiger partial charge in [0, 0.05) is 6.04 Å². The fourth-order valence-corrected chi connectivity index (χ4v) is 3.30. The zero-order valence-corrected chi connectivity index (χ0v) is 9.90. The first kappa shape index (κ1) is 9.43. The quantitative estimate of drug-likeness (QED) is 0.709. The van der Waals surface area contributed by atoms with Crippen LogP contribution in [0.25, 0.3) is 5.57 Å². The van der Waals surface area contributed by atoms with Gasteiger partial charge in [-0.25, -0.2) is 0 Å². The molecule has 4 rings (SSSR count). The van der Waals surface area contributed by atoms with E-state index in [2.05, 4.69) is 60.8 Å². The lowest BCUT2D eigenvalue weighted by Crippen LogP contribution is -2.43. The summed E-state index contributed by atoms with van der Waals surface area (Å²) in [6, 6.07) is 9.27. The predicted octanol–water partition coefficient (Wildman–Crippen LogP) is 3.16. The first-order valence-corrected chi connectivity index (χ1v) is 6.24. The van der Waals surface area contributed by atoms with Gasteiger partial charge in [-0.2, -0.15) is 0 Å². The van der Waals surface area contributed by atoms with Gasteiger partial charge in [0.25, 0.3) is 0 Å². The Bertz CT molecular complexity index is 591. The van der Waals surface area contributed by atoms with Gasteiger partial charge < -0.3 is 0 Å². The summed E-state index contributed by atoms with van der Waals surface area (Å²) in [4.78, 5) is 0. The van der Waals surface area contributed by atoms with Gasteiger partial charge in [-0.15, -0.1) is 0 Å². The molecule has 1 nitrogen and oxygen atoms in total. The predicted molar refractivity (Wildman–Crippen MR) is 70.5 cm³/mol. The molecule has 0 saturated heterocycles. The normalized spacial score (nSPS) is 32.6. The van der Waals surface area contributed by atoms with Crippen LogP contribution in [0, 0.1) is 0 Å².